The molecule has 170 valence electrons. The second kappa shape index (κ2) is 9.87. The number of hydrogen-bond donors (Lipinski definition) is 2. The molecule has 0 aliphatic rings. The van der Waals surface area contributed by atoms with Gasteiger partial charge in [0.25, 0.3) is 0 Å². The molecule has 4 rings (SSSR count). The number of thiophene rings is 1. The molecule has 0 saturated heterocycles. The van der Waals surface area contributed by atoms with Crippen molar-refractivity contribution in [1.29, 1.82) is 0 Å². The molecule has 1 atom stereocenters. The summed E-state index contributed by atoms with van der Waals surface area (Å²) in [5.74, 6) is 0.480. The molecular weight excluding hydrogens is 478 g/mol. The quantitative estimate of drug-likeness (QED) is 0.357. The second-order valence-electron chi connectivity index (χ2n) is 7.15. The van der Waals surface area contributed by atoms with Crippen molar-refractivity contribution in [2.45, 2.75) is 28.6 Å². The van der Waals surface area contributed by atoms with Crippen LogP contribution in [0.2, 0.25) is 0 Å². The van der Waals surface area contributed by atoms with Gasteiger partial charge in [0.05, 0.1) is 10.1 Å². The molecule has 3 N–H and O–H groups in total. The molecule has 0 aliphatic heterocycles. The van der Waals surface area contributed by atoms with Crippen LogP contribution in [0.4, 0.5) is 5.69 Å². The number of nitrogens with two attached hydrogens (primary N) is 1. The van der Waals surface area contributed by atoms with Crippen molar-refractivity contribution in [2.24, 2.45) is 5.14 Å². The summed E-state index contributed by atoms with van der Waals surface area (Å²) in [4.78, 5) is 13.9. The molecule has 0 aliphatic carbocycles. The van der Waals surface area contributed by atoms with Crippen LogP contribution in [-0.2, 0) is 21.2 Å². The van der Waals surface area contributed by atoms with Gasteiger partial charge in [-0.05, 0) is 48.7 Å². The summed E-state index contributed by atoms with van der Waals surface area (Å²) in [6.45, 7) is 1.76. The van der Waals surface area contributed by atoms with E-state index in [0.717, 1.165) is 16.4 Å². The van der Waals surface area contributed by atoms with E-state index in [1.807, 2.05) is 52.4 Å². The Balaban J connectivity index is 1.56. The molecule has 0 saturated carbocycles. The largest absolute Gasteiger partial charge is 0.325 e. The van der Waals surface area contributed by atoms with Crippen LogP contribution in [-0.4, -0.2) is 34.3 Å². The van der Waals surface area contributed by atoms with E-state index in [1.165, 1.54) is 30.0 Å². The zero-order valence-corrected chi connectivity index (χ0v) is 20.0. The number of primary sulfonamides is 1. The van der Waals surface area contributed by atoms with Gasteiger partial charge in [0.1, 0.15) is 5.82 Å². The highest BCUT2D eigenvalue weighted by Crippen LogP contribution is 2.28. The number of benzene rings is 2. The Labute approximate surface area is 199 Å². The summed E-state index contributed by atoms with van der Waals surface area (Å²) < 4.78 is 25.1. The van der Waals surface area contributed by atoms with Gasteiger partial charge in [-0.2, -0.15) is 0 Å². The minimum atomic E-state index is -3.86. The topological polar surface area (TPSA) is 120 Å². The van der Waals surface area contributed by atoms with Crippen molar-refractivity contribution in [3.8, 4) is 5.69 Å². The van der Waals surface area contributed by atoms with E-state index in [1.54, 1.807) is 24.3 Å². The minimum absolute atomic E-state index is 0.0670. The van der Waals surface area contributed by atoms with Crippen molar-refractivity contribution >= 4 is 44.7 Å². The third kappa shape index (κ3) is 5.69. The lowest BCUT2D eigenvalue weighted by molar-refractivity contribution is -0.115. The molecule has 1 amide bonds. The monoisotopic (exact) mass is 499 g/mol. The van der Waals surface area contributed by atoms with E-state index in [2.05, 4.69) is 15.5 Å². The van der Waals surface area contributed by atoms with Crippen LogP contribution in [0.3, 0.4) is 0 Å². The Morgan fingerprint density at radius 2 is 1.91 bits per heavy atom. The molecule has 11 heteroatoms. The zero-order valence-electron chi connectivity index (χ0n) is 17.6. The molecule has 33 heavy (non-hydrogen) atoms. The van der Waals surface area contributed by atoms with Gasteiger partial charge >= 0.3 is 0 Å². The summed E-state index contributed by atoms with van der Waals surface area (Å²) in [5.41, 5.74) is 1.26. The molecule has 0 radical (unpaired) electrons. The first-order chi connectivity index (χ1) is 15.8. The fourth-order valence-corrected chi connectivity index (χ4v) is 5.25. The number of hydrogen-bond acceptors (Lipinski definition) is 7. The average Bonchev–Trinajstić information content (AvgIpc) is 3.44. The fourth-order valence-electron chi connectivity index (χ4n) is 3.10. The molecule has 4 aromatic rings. The Morgan fingerprint density at radius 1 is 1.12 bits per heavy atom. The molecular formula is C22H21N5O3S3. The van der Waals surface area contributed by atoms with Crippen LogP contribution < -0.4 is 10.5 Å². The van der Waals surface area contributed by atoms with E-state index in [9.17, 15) is 13.2 Å². The molecule has 0 bridgehead atoms. The number of para-hydroxylation sites is 1. The van der Waals surface area contributed by atoms with Gasteiger partial charge in [0.15, 0.2) is 5.16 Å². The van der Waals surface area contributed by atoms with Gasteiger partial charge in [-0.1, -0.05) is 42.1 Å². The van der Waals surface area contributed by atoms with Crippen LogP contribution in [0.1, 0.15) is 17.6 Å². The normalized spacial score (nSPS) is 12.4. The molecule has 1 unspecified atom stereocenters. The van der Waals surface area contributed by atoms with E-state index in [4.69, 9.17) is 5.14 Å². The maximum Gasteiger partial charge on any atom is 0.238 e. The van der Waals surface area contributed by atoms with Crippen LogP contribution >= 0.6 is 23.1 Å². The van der Waals surface area contributed by atoms with Gasteiger partial charge in [-0.15, -0.1) is 21.5 Å². The van der Waals surface area contributed by atoms with Gasteiger partial charge in [0.2, 0.25) is 15.9 Å². The smallest absolute Gasteiger partial charge is 0.238 e. The van der Waals surface area contributed by atoms with Crippen molar-refractivity contribution in [2.75, 3.05) is 5.32 Å². The maximum absolute atomic E-state index is 12.8. The number of rotatable bonds is 8. The van der Waals surface area contributed by atoms with E-state index in [-0.39, 0.29) is 10.8 Å². The molecule has 0 fully saturated rings. The van der Waals surface area contributed by atoms with E-state index >= 15 is 0 Å². The van der Waals surface area contributed by atoms with Gasteiger partial charge in [0, 0.05) is 22.7 Å². The van der Waals surface area contributed by atoms with Gasteiger partial charge in [-0.3, -0.25) is 9.36 Å². The summed E-state index contributed by atoms with van der Waals surface area (Å²) >= 11 is 2.92. The molecule has 2 aromatic carbocycles. The van der Waals surface area contributed by atoms with Crippen molar-refractivity contribution in [1.82, 2.24) is 14.8 Å². The van der Waals surface area contributed by atoms with Crippen LogP contribution in [0.5, 0.6) is 0 Å². The van der Waals surface area contributed by atoms with Crippen LogP contribution in [0.15, 0.2) is 82.2 Å². The molecule has 2 heterocycles. The first-order valence-corrected chi connectivity index (χ1v) is 13.2. The summed E-state index contributed by atoms with van der Waals surface area (Å²) in [7, 11) is -3.86. The number of nitrogens with zero attached hydrogens (tertiary/aromatic N) is 3. The number of aromatic nitrogens is 3. The van der Waals surface area contributed by atoms with E-state index in [0.29, 0.717) is 17.3 Å². The highest BCUT2D eigenvalue weighted by atomic mass is 32.2. The number of carbonyl (C=O) groups excluding carboxylic acids is 1. The lowest BCUT2D eigenvalue weighted by atomic mass is 10.3. The number of thioether (sulfide) groups is 1. The predicted molar refractivity (Wildman–Crippen MR) is 130 cm³/mol. The Morgan fingerprint density at radius 3 is 2.61 bits per heavy atom. The summed E-state index contributed by atoms with van der Waals surface area (Å²) in [6.07, 6.45) is 0.626. The Kier molecular flexibility index (Phi) is 6.94. The van der Waals surface area contributed by atoms with Gasteiger partial charge < -0.3 is 5.32 Å². The number of anilines is 1. The highest BCUT2D eigenvalue weighted by Gasteiger charge is 2.22. The summed E-state index contributed by atoms with van der Waals surface area (Å²) in [5, 5.41) is 18.7. The van der Waals surface area contributed by atoms with Crippen molar-refractivity contribution in [3.05, 3.63) is 82.8 Å². The number of amides is 1. The molecule has 8 nitrogen and oxygen atoms in total. The molecule has 0 spiro atoms. The third-order valence-corrected chi connectivity index (χ3v) is 7.54. The van der Waals surface area contributed by atoms with Crippen molar-refractivity contribution < 1.29 is 13.2 Å². The zero-order chi connectivity index (χ0) is 23.4. The second-order valence-corrected chi connectivity index (χ2v) is 11.0. The third-order valence-electron chi connectivity index (χ3n) is 4.71. The molecule has 2 aromatic heterocycles. The standard InChI is InChI=1S/C22H21N5O3S3/c1-15(21(28)24-16-7-5-11-19(13-16)33(23,29)30)32-22-26-25-20(14-18-10-6-12-31-18)27(22)17-8-3-2-4-9-17/h2-13,15H,14H2,1H3,(H,24,28)(H2,23,29,30). The predicted octanol–water partition coefficient (Wildman–Crippen LogP) is 3.69. The highest BCUT2D eigenvalue weighted by molar-refractivity contribution is 8.00. The van der Waals surface area contributed by atoms with Crippen LogP contribution in [0, 0.1) is 0 Å². The summed E-state index contributed by atoms with van der Waals surface area (Å²) in [6, 6.07) is 19.6. The van der Waals surface area contributed by atoms with E-state index < -0.39 is 15.3 Å². The Hall–Kier alpha value is -2.99. The number of nitrogens with one attached hydrogen (secondary N) is 1. The van der Waals surface area contributed by atoms with Crippen molar-refractivity contribution in [3.63, 3.8) is 0 Å². The first-order valence-electron chi connectivity index (χ1n) is 9.94. The lowest BCUT2D eigenvalue weighted by Crippen LogP contribution is -2.23. The number of sulfonamides is 1. The van der Waals surface area contributed by atoms with Gasteiger partial charge in [-0.25, -0.2) is 13.6 Å². The fraction of sp³-hybridized carbons (Fsp3) is 0.136. The lowest BCUT2D eigenvalue weighted by Gasteiger charge is -2.14. The van der Waals surface area contributed by atoms with Crippen LogP contribution in [0.25, 0.3) is 5.69 Å². The maximum atomic E-state index is 12.8. The first kappa shape index (κ1) is 23.2. The minimum Gasteiger partial charge on any atom is -0.325 e. The SMILES string of the molecule is CC(Sc1nnc(Cc2cccs2)n1-c1ccccc1)C(=O)Nc1cccc(S(N)(=O)=O)c1. The average molecular weight is 500 g/mol. The Bertz CT molecular complexity index is 1350. The number of carbonyl (C=O) groups is 1.